The number of piperidine rings is 1. The van der Waals surface area contributed by atoms with E-state index >= 15 is 0 Å². The van der Waals surface area contributed by atoms with Gasteiger partial charge in [-0.3, -0.25) is 4.79 Å². The van der Waals surface area contributed by atoms with Crippen LogP contribution in [0.5, 0.6) is 0 Å². The van der Waals surface area contributed by atoms with Crippen LogP contribution < -0.4 is 10.2 Å². The van der Waals surface area contributed by atoms with E-state index in [0.717, 1.165) is 36.1 Å². The maximum absolute atomic E-state index is 12.7. The van der Waals surface area contributed by atoms with Crippen molar-refractivity contribution >= 4 is 11.9 Å². The fraction of sp³-hybridized carbons (Fsp3) is 0.292. The summed E-state index contributed by atoms with van der Waals surface area (Å²) in [6.45, 7) is 4.18. The lowest BCUT2D eigenvalue weighted by molar-refractivity contribution is -0.125. The number of anilines is 1. The highest BCUT2D eigenvalue weighted by Crippen LogP contribution is 2.23. The van der Waals surface area contributed by atoms with Crippen LogP contribution >= 0.6 is 0 Å². The van der Waals surface area contributed by atoms with Gasteiger partial charge < -0.3 is 10.2 Å². The van der Waals surface area contributed by atoms with Crippen LogP contribution in [0.2, 0.25) is 0 Å². The Morgan fingerprint density at radius 1 is 1.03 bits per heavy atom. The summed E-state index contributed by atoms with van der Waals surface area (Å²) >= 11 is 0. The van der Waals surface area contributed by atoms with E-state index in [9.17, 15) is 4.79 Å². The predicted molar refractivity (Wildman–Crippen MR) is 115 cm³/mol. The summed E-state index contributed by atoms with van der Waals surface area (Å²) in [6.07, 6.45) is 5.59. The van der Waals surface area contributed by atoms with Crippen LogP contribution in [0.25, 0.3) is 11.1 Å². The molecule has 2 heterocycles. The van der Waals surface area contributed by atoms with Crippen molar-refractivity contribution in [1.29, 1.82) is 0 Å². The molecule has 0 saturated carbocycles. The molecule has 1 amide bonds. The van der Waals surface area contributed by atoms with E-state index in [0.29, 0.717) is 19.0 Å². The van der Waals surface area contributed by atoms with Gasteiger partial charge in [0.2, 0.25) is 11.9 Å². The van der Waals surface area contributed by atoms with Crippen molar-refractivity contribution in [3.8, 4) is 11.1 Å². The Hall–Kier alpha value is -3.21. The van der Waals surface area contributed by atoms with Gasteiger partial charge >= 0.3 is 0 Å². The van der Waals surface area contributed by atoms with Gasteiger partial charge in [-0.15, -0.1) is 0 Å². The molecule has 4 rings (SSSR count). The van der Waals surface area contributed by atoms with E-state index < -0.39 is 0 Å². The maximum atomic E-state index is 12.7. The third-order valence-corrected chi connectivity index (χ3v) is 5.53. The standard InChI is InChI=1S/C24H26N4O/c1-18-8-5-6-11-20(18)14-25-23(29)21-12-7-13-28(17-21)24-26-15-22(16-27-24)19-9-3-2-4-10-19/h2-6,8-11,15-16,21H,7,12-14,17H2,1H3,(H,25,29)/t21-/m1/s1. The highest BCUT2D eigenvalue weighted by atomic mass is 16.1. The fourth-order valence-electron chi connectivity index (χ4n) is 3.77. The van der Waals surface area contributed by atoms with Gasteiger partial charge in [0.15, 0.2) is 0 Å². The number of nitrogens with one attached hydrogen (secondary N) is 1. The number of amides is 1. The fourth-order valence-corrected chi connectivity index (χ4v) is 3.77. The van der Waals surface area contributed by atoms with Crippen molar-refractivity contribution in [2.24, 2.45) is 5.92 Å². The topological polar surface area (TPSA) is 58.1 Å². The summed E-state index contributed by atoms with van der Waals surface area (Å²) in [7, 11) is 0. The quantitative estimate of drug-likeness (QED) is 0.720. The zero-order valence-corrected chi connectivity index (χ0v) is 16.7. The molecule has 1 fully saturated rings. The van der Waals surface area contributed by atoms with Gasteiger partial charge in [0.1, 0.15) is 0 Å². The number of aryl methyl sites for hydroxylation is 1. The van der Waals surface area contributed by atoms with E-state index in [-0.39, 0.29) is 11.8 Å². The molecule has 1 aliphatic rings. The summed E-state index contributed by atoms with van der Waals surface area (Å²) in [4.78, 5) is 24.0. The third kappa shape index (κ3) is 4.62. The van der Waals surface area contributed by atoms with Crippen LogP contribution in [0.15, 0.2) is 67.0 Å². The van der Waals surface area contributed by atoms with Gasteiger partial charge in [0.05, 0.1) is 5.92 Å². The number of rotatable bonds is 5. The highest BCUT2D eigenvalue weighted by Gasteiger charge is 2.27. The first-order chi connectivity index (χ1) is 14.2. The zero-order valence-electron chi connectivity index (χ0n) is 16.7. The summed E-state index contributed by atoms with van der Waals surface area (Å²) in [6, 6.07) is 18.3. The molecule has 1 N–H and O–H groups in total. The zero-order chi connectivity index (χ0) is 20.1. The van der Waals surface area contributed by atoms with Crippen LogP contribution in [0.3, 0.4) is 0 Å². The Morgan fingerprint density at radius 2 is 1.76 bits per heavy atom. The van der Waals surface area contributed by atoms with Crippen molar-refractivity contribution < 1.29 is 4.79 Å². The Kier molecular flexibility index (Phi) is 5.84. The molecule has 2 aromatic carbocycles. The lowest BCUT2D eigenvalue weighted by Crippen LogP contribution is -2.43. The number of hydrogen-bond acceptors (Lipinski definition) is 4. The molecule has 1 aliphatic heterocycles. The van der Waals surface area contributed by atoms with Gasteiger partial charge in [-0.2, -0.15) is 0 Å². The number of carbonyl (C=O) groups excluding carboxylic acids is 1. The van der Waals surface area contributed by atoms with Crippen molar-refractivity contribution in [3.05, 3.63) is 78.1 Å². The molecule has 0 radical (unpaired) electrons. The van der Waals surface area contributed by atoms with Crippen LogP contribution in [-0.4, -0.2) is 29.0 Å². The van der Waals surface area contributed by atoms with Crippen LogP contribution in [0.1, 0.15) is 24.0 Å². The molecule has 3 aromatic rings. The molecule has 1 aromatic heterocycles. The second-order valence-corrected chi connectivity index (χ2v) is 7.57. The largest absolute Gasteiger partial charge is 0.352 e. The van der Waals surface area contributed by atoms with Crippen LogP contribution in [0.4, 0.5) is 5.95 Å². The molecular formula is C24H26N4O. The monoisotopic (exact) mass is 386 g/mol. The summed E-state index contributed by atoms with van der Waals surface area (Å²) < 4.78 is 0. The molecule has 0 aliphatic carbocycles. The summed E-state index contributed by atoms with van der Waals surface area (Å²) in [5.74, 6) is 0.769. The van der Waals surface area contributed by atoms with Crippen molar-refractivity contribution in [2.75, 3.05) is 18.0 Å². The average molecular weight is 386 g/mol. The first kappa shape index (κ1) is 19.1. The molecule has 1 saturated heterocycles. The number of aromatic nitrogens is 2. The van der Waals surface area contributed by atoms with E-state index in [1.165, 1.54) is 5.56 Å². The molecule has 148 valence electrons. The minimum atomic E-state index is -0.0369. The van der Waals surface area contributed by atoms with Gasteiger partial charge in [-0.25, -0.2) is 9.97 Å². The van der Waals surface area contributed by atoms with Crippen molar-refractivity contribution in [2.45, 2.75) is 26.3 Å². The lowest BCUT2D eigenvalue weighted by Gasteiger charge is -2.32. The maximum Gasteiger partial charge on any atom is 0.225 e. The predicted octanol–water partition coefficient (Wildman–Crippen LogP) is 3.98. The number of benzene rings is 2. The summed E-state index contributed by atoms with van der Waals surface area (Å²) in [5, 5.41) is 3.11. The Morgan fingerprint density at radius 3 is 2.52 bits per heavy atom. The molecule has 5 nitrogen and oxygen atoms in total. The second kappa shape index (κ2) is 8.86. The van der Waals surface area contributed by atoms with Crippen LogP contribution in [0, 0.1) is 12.8 Å². The average Bonchev–Trinajstić information content (AvgIpc) is 2.79. The Balaban J connectivity index is 1.38. The van der Waals surface area contributed by atoms with Gasteiger partial charge in [0, 0.05) is 37.6 Å². The first-order valence-electron chi connectivity index (χ1n) is 10.2. The van der Waals surface area contributed by atoms with E-state index in [4.69, 9.17) is 0 Å². The van der Waals surface area contributed by atoms with E-state index in [2.05, 4.69) is 39.2 Å². The Labute approximate surface area is 171 Å². The third-order valence-electron chi connectivity index (χ3n) is 5.53. The molecule has 5 heteroatoms. The number of nitrogens with zero attached hydrogens (tertiary/aromatic N) is 3. The Bertz CT molecular complexity index is 956. The smallest absolute Gasteiger partial charge is 0.225 e. The molecule has 29 heavy (non-hydrogen) atoms. The van der Waals surface area contributed by atoms with Gasteiger partial charge in [-0.1, -0.05) is 54.6 Å². The minimum absolute atomic E-state index is 0.0369. The normalized spacial score (nSPS) is 16.4. The minimum Gasteiger partial charge on any atom is -0.352 e. The first-order valence-corrected chi connectivity index (χ1v) is 10.2. The SMILES string of the molecule is Cc1ccccc1CNC(=O)[C@@H]1CCCN(c2ncc(-c3ccccc3)cn2)C1. The van der Waals surface area contributed by atoms with Gasteiger partial charge in [0.25, 0.3) is 0 Å². The van der Waals surface area contributed by atoms with E-state index in [1.807, 2.05) is 54.9 Å². The van der Waals surface area contributed by atoms with Crippen molar-refractivity contribution in [3.63, 3.8) is 0 Å². The van der Waals surface area contributed by atoms with E-state index in [1.54, 1.807) is 0 Å². The molecule has 0 unspecified atom stereocenters. The summed E-state index contributed by atoms with van der Waals surface area (Å²) in [5.41, 5.74) is 4.46. The number of hydrogen-bond donors (Lipinski definition) is 1. The molecule has 1 atom stereocenters. The highest BCUT2D eigenvalue weighted by molar-refractivity contribution is 5.79. The molecular weight excluding hydrogens is 360 g/mol. The van der Waals surface area contributed by atoms with Crippen molar-refractivity contribution in [1.82, 2.24) is 15.3 Å². The second-order valence-electron chi connectivity index (χ2n) is 7.57. The lowest BCUT2D eigenvalue weighted by atomic mass is 9.97. The molecule has 0 bridgehead atoms. The van der Waals surface area contributed by atoms with Gasteiger partial charge in [-0.05, 0) is 36.5 Å². The van der Waals surface area contributed by atoms with Crippen LogP contribution in [-0.2, 0) is 11.3 Å². The molecule has 0 spiro atoms. The number of carbonyl (C=O) groups is 1.